The minimum atomic E-state index is -3.82. The maximum Gasteiger partial charge on any atom is 0.243 e. The average molecular weight is 474 g/mol. The van der Waals surface area contributed by atoms with Crippen LogP contribution in [0.25, 0.3) is 10.8 Å². The lowest BCUT2D eigenvalue weighted by atomic mass is 9.99. The number of piperidine rings is 1. The van der Waals surface area contributed by atoms with E-state index < -0.39 is 26.0 Å². The Morgan fingerprint density at radius 2 is 1.56 bits per heavy atom. The summed E-state index contributed by atoms with van der Waals surface area (Å²) in [5, 5.41) is 9.60. The Kier molecular flexibility index (Phi) is 6.04. The monoisotopic (exact) mass is 473 g/mol. The fourth-order valence-electron chi connectivity index (χ4n) is 3.82. The van der Waals surface area contributed by atoms with Gasteiger partial charge in [0.1, 0.15) is 0 Å². The second kappa shape index (κ2) is 8.62. The summed E-state index contributed by atoms with van der Waals surface area (Å²) in [7, 11) is -7.56. The number of nitrogens with one attached hydrogen (secondary N) is 1. The maximum absolute atomic E-state index is 13.2. The highest BCUT2D eigenvalue weighted by atomic mass is 32.2. The van der Waals surface area contributed by atoms with Crippen LogP contribution < -0.4 is 10.5 Å². The fourth-order valence-corrected chi connectivity index (χ4v) is 5.90. The number of benzene rings is 3. The first-order valence-electron chi connectivity index (χ1n) is 10.1. The van der Waals surface area contributed by atoms with Crippen LogP contribution in [-0.2, 0) is 24.8 Å². The molecule has 1 fully saturated rings. The third-order valence-corrected chi connectivity index (χ3v) is 8.35. The van der Waals surface area contributed by atoms with E-state index in [2.05, 4.69) is 5.32 Å². The topological polar surface area (TPSA) is 127 Å². The molecule has 0 radical (unpaired) electrons. The van der Waals surface area contributed by atoms with Crippen molar-refractivity contribution in [2.75, 3.05) is 18.4 Å². The minimum Gasteiger partial charge on any atom is -0.326 e. The Hall–Kier alpha value is -2.79. The second-order valence-corrected chi connectivity index (χ2v) is 11.3. The van der Waals surface area contributed by atoms with E-state index in [0.29, 0.717) is 25.1 Å². The molecule has 10 heteroatoms. The Balaban J connectivity index is 1.48. The summed E-state index contributed by atoms with van der Waals surface area (Å²) in [5.74, 6) is -0.830. The third-order valence-electron chi connectivity index (χ3n) is 5.56. The van der Waals surface area contributed by atoms with Crippen molar-refractivity contribution in [3.8, 4) is 0 Å². The molecule has 0 aliphatic carbocycles. The highest BCUT2D eigenvalue weighted by molar-refractivity contribution is 7.89. The van der Waals surface area contributed by atoms with Crippen LogP contribution in [0, 0.1) is 5.92 Å². The molecule has 0 bridgehead atoms. The lowest BCUT2D eigenvalue weighted by Crippen LogP contribution is -2.43. The van der Waals surface area contributed by atoms with Gasteiger partial charge in [-0.15, -0.1) is 0 Å². The van der Waals surface area contributed by atoms with Crippen molar-refractivity contribution < 1.29 is 21.6 Å². The molecule has 1 saturated heterocycles. The Morgan fingerprint density at radius 1 is 0.906 bits per heavy atom. The van der Waals surface area contributed by atoms with E-state index in [1.165, 1.54) is 28.6 Å². The Bertz CT molecular complexity index is 1370. The first-order valence-corrected chi connectivity index (χ1v) is 13.1. The van der Waals surface area contributed by atoms with E-state index in [-0.39, 0.29) is 22.2 Å². The fraction of sp³-hybridized carbons (Fsp3) is 0.227. The molecule has 0 spiro atoms. The number of anilines is 1. The lowest BCUT2D eigenvalue weighted by Gasteiger charge is -2.31. The molecule has 1 amide bonds. The minimum absolute atomic E-state index is 0.0548. The van der Waals surface area contributed by atoms with Crippen LogP contribution in [0.1, 0.15) is 12.8 Å². The molecule has 0 aromatic heterocycles. The number of primary sulfonamides is 1. The molecule has 1 atom stereocenters. The summed E-state index contributed by atoms with van der Waals surface area (Å²) < 4.78 is 50.5. The summed E-state index contributed by atoms with van der Waals surface area (Å²) in [6, 6.07) is 18.1. The number of nitrogens with zero attached hydrogens (tertiary/aromatic N) is 1. The van der Waals surface area contributed by atoms with Gasteiger partial charge in [-0.25, -0.2) is 22.0 Å². The number of carbonyl (C=O) groups is 1. The van der Waals surface area contributed by atoms with Gasteiger partial charge in [0.15, 0.2) is 0 Å². The average Bonchev–Trinajstić information content (AvgIpc) is 2.78. The van der Waals surface area contributed by atoms with E-state index in [0.717, 1.165) is 10.8 Å². The van der Waals surface area contributed by atoms with Crippen LogP contribution in [0.15, 0.2) is 76.5 Å². The van der Waals surface area contributed by atoms with Gasteiger partial charge in [-0.3, -0.25) is 4.79 Å². The van der Waals surface area contributed by atoms with E-state index in [4.69, 9.17) is 5.14 Å². The highest BCUT2D eigenvalue weighted by Gasteiger charge is 2.33. The number of amides is 1. The van der Waals surface area contributed by atoms with Crippen molar-refractivity contribution in [2.24, 2.45) is 11.1 Å². The van der Waals surface area contributed by atoms with E-state index in [1.54, 1.807) is 18.2 Å². The van der Waals surface area contributed by atoms with Crippen molar-refractivity contribution >= 4 is 42.4 Å². The van der Waals surface area contributed by atoms with Crippen LogP contribution in [0.4, 0.5) is 5.69 Å². The predicted octanol–water partition coefficient (Wildman–Crippen LogP) is 2.53. The molecule has 168 valence electrons. The molecule has 32 heavy (non-hydrogen) atoms. The Labute approximate surface area is 187 Å². The summed E-state index contributed by atoms with van der Waals surface area (Å²) in [6.07, 6.45) is 1.13. The zero-order valence-corrected chi connectivity index (χ0v) is 18.8. The van der Waals surface area contributed by atoms with Gasteiger partial charge in [0.05, 0.1) is 15.7 Å². The van der Waals surface area contributed by atoms with Gasteiger partial charge in [-0.05, 0) is 60.0 Å². The summed E-state index contributed by atoms with van der Waals surface area (Å²) in [6.45, 7) is 0.429. The summed E-state index contributed by atoms with van der Waals surface area (Å²) in [5.41, 5.74) is 0.414. The van der Waals surface area contributed by atoms with Gasteiger partial charge in [-0.2, -0.15) is 4.31 Å². The molecule has 8 nitrogen and oxygen atoms in total. The quantitative estimate of drug-likeness (QED) is 0.589. The zero-order valence-electron chi connectivity index (χ0n) is 17.1. The highest BCUT2D eigenvalue weighted by Crippen LogP contribution is 2.27. The molecule has 0 saturated carbocycles. The van der Waals surface area contributed by atoms with Gasteiger partial charge >= 0.3 is 0 Å². The zero-order chi connectivity index (χ0) is 22.9. The summed E-state index contributed by atoms with van der Waals surface area (Å²) in [4.78, 5) is 12.9. The normalized spacial score (nSPS) is 17.8. The number of hydrogen-bond donors (Lipinski definition) is 2. The number of carbonyl (C=O) groups excluding carboxylic acids is 1. The van der Waals surface area contributed by atoms with Crippen molar-refractivity contribution in [1.82, 2.24) is 4.31 Å². The van der Waals surface area contributed by atoms with E-state index in [1.807, 2.05) is 24.3 Å². The van der Waals surface area contributed by atoms with Crippen molar-refractivity contribution in [2.45, 2.75) is 22.6 Å². The molecular weight excluding hydrogens is 450 g/mol. The smallest absolute Gasteiger partial charge is 0.243 e. The predicted molar refractivity (Wildman–Crippen MR) is 122 cm³/mol. The number of fused-ring (bicyclic) bond motifs is 1. The van der Waals surface area contributed by atoms with E-state index in [9.17, 15) is 21.6 Å². The summed E-state index contributed by atoms with van der Waals surface area (Å²) >= 11 is 0. The molecular formula is C22H23N3O5S2. The molecule has 1 aliphatic heterocycles. The van der Waals surface area contributed by atoms with Crippen LogP contribution >= 0.6 is 0 Å². The SMILES string of the molecule is NS(=O)(=O)c1ccc(NC(=O)[C@H]2CCCN(S(=O)(=O)c3ccc4ccccc4c3)C2)cc1. The molecule has 1 heterocycles. The molecule has 3 N–H and O–H groups in total. The number of hydrogen-bond acceptors (Lipinski definition) is 5. The largest absolute Gasteiger partial charge is 0.326 e. The lowest BCUT2D eigenvalue weighted by molar-refractivity contribution is -0.120. The van der Waals surface area contributed by atoms with Crippen LogP contribution in [0.3, 0.4) is 0 Å². The molecule has 4 rings (SSSR count). The van der Waals surface area contributed by atoms with E-state index >= 15 is 0 Å². The molecule has 0 unspecified atom stereocenters. The van der Waals surface area contributed by atoms with Gasteiger partial charge < -0.3 is 5.32 Å². The van der Waals surface area contributed by atoms with Gasteiger partial charge in [0.2, 0.25) is 26.0 Å². The van der Waals surface area contributed by atoms with Gasteiger partial charge in [0, 0.05) is 18.8 Å². The maximum atomic E-state index is 13.2. The first kappa shape index (κ1) is 22.4. The van der Waals surface area contributed by atoms with Crippen LogP contribution in [0.5, 0.6) is 0 Å². The van der Waals surface area contributed by atoms with Gasteiger partial charge in [-0.1, -0.05) is 30.3 Å². The second-order valence-electron chi connectivity index (χ2n) is 7.77. The van der Waals surface area contributed by atoms with Crippen molar-refractivity contribution in [3.63, 3.8) is 0 Å². The van der Waals surface area contributed by atoms with Gasteiger partial charge in [0.25, 0.3) is 0 Å². The van der Waals surface area contributed by atoms with Crippen molar-refractivity contribution in [3.05, 3.63) is 66.7 Å². The molecule has 3 aromatic rings. The first-order chi connectivity index (χ1) is 15.1. The number of sulfonamides is 2. The molecule has 3 aromatic carbocycles. The third kappa shape index (κ3) is 4.68. The Morgan fingerprint density at radius 3 is 2.25 bits per heavy atom. The number of nitrogens with two attached hydrogens (primary N) is 1. The number of rotatable bonds is 5. The standard InChI is InChI=1S/C22H23N3O5S2/c23-31(27,28)20-11-8-19(9-12-20)24-22(26)18-6-3-13-25(15-18)32(29,30)21-10-7-16-4-1-2-5-17(16)14-21/h1-2,4-5,7-12,14,18H,3,6,13,15H2,(H,24,26)(H2,23,27,28)/t18-/m0/s1. The van der Waals surface area contributed by atoms with Crippen LogP contribution in [-0.4, -0.2) is 40.1 Å². The van der Waals surface area contributed by atoms with Crippen LogP contribution in [0.2, 0.25) is 0 Å². The molecule has 1 aliphatic rings. The van der Waals surface area contributed by atoms with Crippen molar-refractivity contribution in [1.29, 1.82) is 0 Å².